The summed E-state index contributed by atoms with van der Waals surface area (Å²) in [6.07, 6.45) is 5.27. The number of rotatable bonds is 1. The standard InChI is InChI=1S/C7H12OS/c8-5-6-1-3-7(9)4-2-6/h3,6,8-9H,1-2,4-5H2. The number of aliphatic hydroxyl groups excluding tert-OH is 1. The zero-order valence-electron chi connectivity index (χ0n) is 5.38. The first kappa shape index (κ1) is 7.16. The highest BCUT2D eigenvalue weighted by Crippen LogP contribution is 2.24. The van der Waals surface area contributed by atoms with Crippen LogP contribution in [0, 0.1) is 5.92 Å². The van der Waals surface area contributed by atoms with E-state index >= 15 is 0 Å². The van der Waals surface area contributed by atoms with Gasteiger partial charge in [-0.05, 0) is 30.1 Å². The summed E-state index contributed by atoms with van der Waals surface area (Å²) in [4.78, 5) is 1.18. The van der Waals surface area contributed by atoms with Crippen LogP contribution in [0.2, 0.25) is 0 Å². The van der Waals surface area contributed by atoms with Crippen molar-refractivity contribution in [1.82, 2.24) is 0 Å². The molecule has 0 amide bonds. The lowest BCUT2D eigenvalue weighted by molar-refractivity contribution is 0.217. The van der Waals surface area contributed by atoms with Crippen molar-refractivity contribution in [3.05, 3.63) is 11.0 Å². The number of hydrogen-bond donors (Lipinski definition) is 2. The van der Waals surface area contributed by atoms with Crippen molar-refractivity contribution < 1.29 is 5.11 Å². The lowest BCUT2D eigenvalue weighted by Crippen LogP contribution is -2.07. The predicted octanol–water partition coefficient (Wildman–Crippen LogP) is 1.59. The third-order valence-corrected chi connectivity index (χ3v) is 2.16. The third kappa shape index (κ3) is 2.03. The summed E-state index contributed by atoms with van der Waals surface area (Å²) in [5.41, 5.74) is 0. The Morgan fingerprint density at radius 1 is 1.78 bits per heavy atom. The van der Waals surface area contributed by atoms with Gasteiger partial charge in [0.1, 0.15) is 0 Å². The maximum Gasteiger partial charge on any atom is 0.0462 e. The molecule has 0 spiro atoms. The maximum atomic E-state index is 8.72. The second-order valence-corrected chi connectivity index (χ2v) is 3.09. The van der Waals surface area contributed by atoms with Crippen molar-refractivity contribution in [3.63, 3.8) is 0 Å². The van der Waals surface area contributed by atoms with Crippen molar-refractivity contribution in [2.45, 2.75) is 19.3 Å². The largest absolute Gasteiger partial charge is 0.396 e. The number of hydrogen-bond acceptors (Lipinski definition) is 2. The first-order valence-electron chi connectivity index (χ1n) is 3.32. The first-order chi connectivity index (χ1) is 4.33. The summed E-state index contributed by atoms with van der Waals surface area (Å²) < 4.78 is 0. The molecule has 0 aromatic carbocycles. The molecule has 2 heteroatoms. The van der Waals surface area contributed by atoms with Crippen LogP contribution in [-0.2, 0) is 0 Å². The highest BCUT2D eigenvalue weighted by Gasteiger charge is 2.10. The molecule has 0 radical (unpaired) electrons. The monoisotopic (exact) mass is 144 g/mol. The molecule has 9 heavy (non-hydrogen) atoms. The molecule has 0 saturated carbocycles. The molecule has 0 fully saturated rings. The van der Waals surface area contributed by atoms with Gasteiger partial charge >= 0.3 is 0 Å². The summed E-state index contributed by atoms with van der Waals surface area (Å²) in [5.74, 6) is 0.501. The van der Waals surface area contributed by atoms with Crippen LogP contribution >= 0.6 is 12.6 Å². The summed E-state index contributed by atoms with van der Waals surface area (Å²) >= 11 is 4.22. The minimum atomic E-state index is 0.331. The Bertz CT molecular complexity index is 120. The Morgan fingerprint density at radius 3 is 3.00 bits per heavy atom. The number of allylic oxidation sites excluding steroid dienone is 2. The fourth-order valence-corrected chi connectivity index (χ4v) is 1.27. The zero-order chi connectivity index (χ0) is 6.69. The lowest BCUT2D eigenvalue weighted by Gasteiger charge is -2.16. The smallest absolute Gasteiger partial charge is 0.0462 e. The minimum absolute atomic E-state index is 0.331. The van der Waals surface area contributed by atoms with E-state index in [9.17, 15) is 0 Å². The van der Waals surface area contributed by atoms with E-state index < -0.39 is 0 Å². The molecule has 0 aromatic rings. The SMILES string of the molecule is OCC1CC=C(S)CC1. The van der Waals surface area contributed by atoms with Gasteiger partial charge < -0.3 is 5.11 Å². The molecule has 1 atom stereocenters. The average molecular weight is 144 g/mol. The molecule has 0 saturated heterocycles. The third-order valence-electron chi connectivity index (χ3n) is 1.75. The minimum Gasteiger partial charge on any atom is -0.396 e. The van der Waals surface area contributed by atoms with Gasteiger partial charge in [-0.15, -0.1) is 12.6 Å². The van der Waals surface area contributed by atoms with Crippen molar-refractivity contribution in [1.29, 1.82) is 0 Å². The lowest BCUT2D eigenvalue weighted by atomic mass is 9.95. The van der Waals surface area contributed by atoms with Gasteiger partial charge in [-0.3, -0.25) is 0 Å². The van der Waals surface area contributed by atoms with Gasteiger partial charge in [-0.2, -0.15) is 0 Å². The second-order valence-electron chi connectivity index (χ2n) is 2.52. The molecule has 1 rings (SSSR count). The summed E-state index contributed by atoms with van der Waals surface area (Å²) in [6, 6.07) is 0. The van der Waals surface area contributed by atoms with Crippen LogP contribution in [0.25, 0.3) is 0 Å². The molecule has 0 aliphatic heterocycles. The first-order valence-corrected chi connectivity index (χ1v) is 3.76. The van der Waals surface area contributed by atoms with Crippen LogP contribution in [0.3, 0.4) is 0 Å². The molecule has 1 aliphatic carbocycles. The zero-order valence-corrected chi connectivity index (χ0v) is 6.27. The van der Waals surface area contributed by atoms with E-state index in [1.807, 2.05) is 0 Å². The Labute approximate surface area is 61.2 Å². The van der Waals surface area contributed by atoms with Crippen LogP contribution in [0.5, 0.6) is 0 Å². The van der Waals surface area contributed by atoms with Crippen LogP contribution in [0.15, 0.2) is 11.0 Å². The average Bonchev–Trinajstić information content (AvgIpc) is 1.90. The van der Waals surface area contributed by atoms with Crippen molar-refractivity contribution in [3.8, 4) is 0 Å². The van der Waals surface area contributed by atoms with Gasteiger partial charge in [0.2, 0.25) is 0 Å². The van der Waals surface area contributed by atoms with Crippen molar-refractivity contribution >= 4 is 12.6 Å². The molecule has 0 aromatic heterocycles. The topological polar surface area (TPSA) is 20.2 Å². The van der Waals surface area contributed by atoms with Crippen molar-refractivity contribution in [2.75, 3.05) is 6.61 Å². The quantitative estimate of drug-likeness (QED) is 0.535. The van der Waals surface area contributed by atoms with Gasteiger partial charge in [-0.1, -0.05) is 6.08 Å². The molecule has 1 unspecified atom stereocenters. The predicted molar refractivity (Wildman–Crippen MR) is 41.5 cm³/mol. The Morgan fingerprint density at radius 2 is 2.56 bits per heavy atom. The van der Waals surface area contributed by atoms with Gasteiger partial charge in [0, 0.05) is 6.61 Å². The molecule has 1 N–H and O–H groups in total. The van der Waals surface area contributed by atoms with Crippen LogP contribution in [0.1, 0.15) is 19.3 Å². The normalized spacial score (nSPS) is 27.8. The Hall–Kier alpha value is 0.0500. The molecule has 1 nitrogen and oxygen atoms in total. The Balaban J connectivity index is 2.36. The van der Waals surface area contributed by atoms with E-state index in [0.717, 1.165) is 19.3 Å². The van der Waals surface area contributed by atoms with Gasteiger partial charge in [0.15, 0.2) is 0 Å². The molecular formula is C7H12OS. The van der Waals surface area contributed by atoms with Gasteiger partial charge in [-0.25, -0.2) is 0 Å². The van der Waals surface area contributed by atoms with E-state index in [0.29, 0.717) is 12.5 Å². The fourth-order valence-electron chi connectivity index (χ4n) is 1.04. The van der Waals surface area contributed by atoms with Crippen LogP contribution in [0.4, 0.5) is 0 Å². The molecule has 0 heterocycles. The summed E-state index contributed by atoms with van der Waals surface area (Å²) in [7, 11) is 0. The highest BCUT2D eigenvalue weighted by atomic mass is 32.1. The Kier molecular flexibility index (Phi) is 2.61. The summed E-state index contributed by atoms with van der Waals surface area (Å²) in [5, 5.41) is 8.72. The fraction of sp³-hybridized carbons (Fsp3) is 0.714. The van der Waals surface area contributed by atoms with Crippen molar-refractivity contribution in [2.24, 2.45) is 5.92 Å². The highest BCUT2D eigenvalue weighted by molar-refractivity contribution is 7.84. The van der Waals surface area contributed by atoms with Gasteiger partial charge in [0.05, 0.1) is 0 Å². The van der Waals surface area contributed by atoms with E-state index in [2.05, 4.69) is 18.7 Å². The molecule has 1 aliphatic rings. The summed E-state index contributed by atoms with van der Waals surface area (Å²) in [6.45, 7) is 0.331. The number of aliphatic hydroxyl groups is 1. The van der Waals surface area contributed by atoms with E-state index in [1.165, 1.54) is 4.91 Å². The van der Waals surface area contributed by atoms with Crippen LogP contribution < -0.4 is 0 Å². The van der Waals surface area contributed by atoms with Gasteiger partial charge in [0.25, 0.3) is 0 Å². The maximum absolute atomic E-state index is 8.72. The van der Waals surface area contributed by atoms with Crippen LogP contribution in [-0.4, -0.2) is 11.7 Å². The second kappa shape index (κ2) is 3.28. The molecular weight excluding hydrogens is 132 g/mol. The van der Waals surface area contributed by atoms with E-state index in [-0.39, 0.29) is 0 Å². The van der Waals surface area contributed by atoms with E-state index in [4.69, 9.17) is 5.11 Å². The molecule has 0 bridgehead atoms. The number of thiol groups is 1. The molecule has 52 valence electrons. The van der Waals surface area contributed by atoms with E-state index in [1.54, 1.807) is 0 Å².